The zero-order valence-electron chi connectivity index (χ0n) is 11.8. The number of amides is 1. The second kappa shape index (κ2) is 7.23. The standard InChI is InChI=1S/C14H15ClN2O3S2/c1-22(19,20)16-8-7-12-5-6-13(21-12)14(18)17-11-4-2-3-10(15)9-11/h2-6,9,16H,7-8H2,1H3,(H,17,18). The first-order valence-corrected chi connectivity index (χ1v) is 9.52. The highest BCUT2D eigenvalue weighted by Gasteiger charge is 2.10. The highest BCUT2D eigenvalue weighted by Crippen LogP contribution is 2.20. The lowest BCUT2D eigenvalue weighted by molar-refractivity contribution is 0.103. The average molecular weight is 359 g/mol. The van der Waals surface area contributed by atoms with E-state index in [0.717, 1.165) is 11.1 Å². The molecule has 118 valence electrons. The number of benzene rings is 1. The summed E-state index contributed by atoms with van der Waals surface area (Å²) in [6, 6.07) is 10.5. The molecule has 2 N–H and O–H groups in total. The van der Waals surface area contributed by atoms with Crippen molar-refractivity contribution in [1.82, 2.24) is 4.72 Å². The van der Waals surface area contributed by atoms with Crippen LogP contribution < -0.4 is 10.0 Å². The van der Waals surface area contributed by atoms with Crippen molar-refractivity contribution in [2.24, 2.45) is 0 Å². The van der Waals surface area contributed by atoms with Gasteiger partial charge in [-0.15, -0.1) is 11.3 Å². The molecule has 0 aliphatic heterocycles. The van der Waals surface area contributed by atoms with Crippen LogP contribution in [0.15, 0.2) is 36.4 Å². The van der Waals surface area contributed by atoms with Crippen LogP contribution in [0.5, 0.6) is 0 Å². The topological polar surface area (TPSA) is 75.3 Å². The lowest BCUT2D eigenvalue weighted by Gasteiger charge is -2.03. The monoisotopic (exact) mass is 358 g/mol. The van der Waals surface area contributed by atoms with Crippen molar-refractivity contribution < 1.29 is 13.2 Å². The molecule has 0 fully saturated rings. The fraction of sp³-hybridized carbons (Fsp3) is 0.214. The van der Waals surface area contributed by atoms with Gasteiger partial charge < -0.3 is 5.32 Å². The zero-order valence-corrected chi connectivity index (χ0v) is 14.2. The average Bonchev–Trinajstić information content (AvgIpc) is 2.86. The molecule has 0 bridgehead atoms. The molecule has 1 aromatic heterocycles. The maximum absolute atomic E-state index is 12.1. The molecule has 2 aromatic rings. The number of carbonyl (C=O) groups excluding carboxylic acids is 1. The fourth-order valence-corrected chi connectivity index (χ4v) is 3.32. The molecule has 1 amide bonds. The Labute approximate surface area is 138 Å². The van der Waals surface area contributed by atoms with Gasteiger partial charge in [0.05, 0.1) is 11.1 Å². The minimum absolute atomic E-state index is 0.213. The van der Waals surface area contributed by atoms with E-state index in [1.54, 1.807) is 30.3 Å². The van der Waals surface area contributed by atoms with E-state index in [2.05, 4.69) is 10.0 Å². The second-order valence-corrected chi connectivity index (χ2v) is 8.08. The summed E-state index contributed by atoms with van der Waals surface area (Å²) in [7, 11) is -3.19. The minimum atomic E-state index is -3.19. The van der Waals surface area contributed by atoms with E-state index >= 15 is 0 Å². The number of hydrogen-bond acceptors (Lipinski definition) is 4. The van der Waals surface area contributed by atoms with E-state index in [1.807, 2.05) is 6.07 Å². The molecule has 0 saturated heterocycles. The van der Waals surface area contributed by atoms with Crippen molar-refractivity contribution in [3.05, 3.63) is 51.2 Å². The Kier molecular flexibility index (Phi) is 5.57. The Morgan fingerprint density at radius 1 is 1.27 bits per heavy atom. The summed E-state index contributed by atoms with van der Waals surface area (Å²) in [5.41, 5.74) is 0.631. The summed E-state index contributed by atoms with van der Waals surface area (Å²) in [6.45, 7) is 0.314. The van der Waals surface area contributed by atoms with Gasteiger partial charge in [0.15, 0.2) is 0 Å². The van der Waals surface area contributed by atoms with Gasteiger partial charge in [0, 0.05) is 22.1 Å². The van der Waals surface area contributed by atoms with Gasteiger partial charge in [-0.05, 0) is 36.8 Å². The maximum atomic E-state index is 12.1. The van der Waals surface area contributed by atoms with Crippen LogP contribution in [0.3, 0.4) is 0 Å². The van der Waals surface area contributed by atoms with Gasteiger partial charge in [-0.2, -0.15) is 0 Å². The second-order valence-electron chi connectivity index (χ2n) is 4.65. The summed E-state index contributed by atoms with van der Waals surface area (Å²) in [4.78, 5) is 13.6. The van der Waals surface area contributed by atoms with E-state index < -0.39 is 10.0 Å². The third kappa shape index (κ3) is 5.42. The summed E-state index contributed by atoms with van der Waals surface area (Å²) in [6.07, 6.45) is 1.66. The van der Waals surface area contributed by atoms with Crippen LogP contribution in [-0.4, -0.2) is 27.1 Å². The van der Waals surface area contributed by atoms with Gasteiger partial charge >= 0.3 is 0 Å². The first-order valence-electron chi connectivity index (χ1n) is 6.44. The third-order valence-corrected chi connectivity index (χ3v) is 4.81. The molecule has 1 heterocycles. The zero-order chi connectivity index (χ0) is 16.2. The van der Waals surface area contributed by atoms with Gasteiger partial charge in [-0.1, -0.05) is 17.7 Å². The van der Waals surface area contributed by atoms with E-state index in [9.17, 15) is 13.2 Å². The Bertz CT molecular complexity index is 772. The summed E-state index contributed by atoms with van der Waals surface area (Å²) >= 11 is 7.20. The first kappa shape index (κ1) is 17.0. The molecule has 0 unspecified atom stereocenters. The number of hydrogen-bond donors (Lipinski definition) is 2. The van der Waals surface area contributed by atoms with E-state index in [0.29, 0.717) is 28.6 Å². The molecule has 0 aliphatic carbocycles. The van der Waals surface area contributed by atoms with E-state index in [4.69, 9.17) is 11.6 Å². The Hall–Kier alpha value is -1.41. The molecule has 0 aliphatic rings. The molecule has 8 heteroatoms. The van der Waals surface area contributed by atoms with Crippen LogP contribution in [0.2, 0.25) is 5.02 Å². The van der Waals surface area contributed by atoms with Crippen LogP contribution in [0.4, 0.5) is 5.69 Å². The minimum Gasteiger partial charge on any atom is -0.321 e. The Morgan fingerprint density at radius 2 is 2.05 bits per heavy atom. The van der Waals surface area contributed by atoms with Gasteiger partial charge in [0.2, 0.25) is 10.0 Å². The Balaban J connectivity index is 1.94. The van der Waals surface area contributed by atoms with Gasteiger partial charge in [0.1, 0.15) is 0 Å². The molecule has 0 spiro atoms. The van der Waals surface area contributed by atoms with Crippen LogP contribution in [-0.2, 0) is 16.4 Å². The molecule has 5 nitrogen and oxygen atoms in total. The summed E-state index contributed by atoms with van der Waals surface area (Å²) < 4.78 is 24.4. The van der Waals surface area contributed by atoms with Gasteiger partial charge in [0.25, 0.3) is 5.91 Å². The maximum Gasteiger partial charge on any atom is 0.265 e. The molecule has 0 atom stereocenters. The molecule has 22 heavy (non-hydrogen) atoms. The highest BCUT2D eigenvalue weighted by atomic mass is 35.5. The Morgan fingerprint density at radius 3 is 2.73 bits per heavy atom. The summed E-state index contributed by atoms with van der Waals surface area (Å²) in [5.74, 6) is -0.213. The van der Waals surface area contributed by atoms with Crippen molar-refractivity contribution in [3.8, 4) is 0 Å². The number of rotatable bonds is 6. The quantitative estimate of drug-likeness (QED) is 0.833. The molecule has 2 rings (SSSR count). The smallest absolute Gasteiger partial charge is 0.265 e. The van der Waals surface area contributed by atoms with Crippen LogP contribution in [0, 0.1) is 0 Å². The van der Waals surface area contributed by atoms with E-state index in [1.165, 1.54) is 11.3 Å². The first-order chi connectivity index (χ1) is 10.3. The number of carbonyl (C=O) groups is 1. The van der Waals surface area contributed by atoms with Gasteiger partial charge in [-0.25, -0.2) is 13.1 Å². The van der Waals surface area contributed by atoms with Crippen molar-refractivity contribution in [2.45, 2.75) is 6.42 Å². The molecular formula is C14H15ClN2O3S2. The number of halogens is 1. The lowest BCUT2D eigenvalue weighted by Crippen LogP contribution is -2.24. The van der Waals surface area contributed by atoms with Crippen molar-refractivity contribution in [1.29, 1.82) is 0 Å². The third-order valence-electron chi connectivity index (χ3n) is 2.70. The molecule has 0 saturated carbocycles. The molecular weight excluding hydrogens is 344 g/mol. The summed E-state index contributed by atoms with van der Waals surface area (Å²) in [5, 5.41) is 3.32. The predicted octanol–water partition coefficient (Wildman–Crippen LogP) is 2.75. The molecule has 0 radical (unpaired) electrons. The van der Waals surface area contributed by atoms with E-state index in [-0.39, 0.29) is 5.91 Å². The predicted molar refractivity (Wildman–Crippen MR) is 90.3 cm³/mol. The number of anilines is 1. The van der Waals surface area contributed by atoms with Crippen molar-refractivity contribution >= 4 is 44.6 Å². The van der Waals surface area contributed by atoms with Crippen molar-refractivity contribution in [2.75, 3.05) is 18.1 Å². The van der Waals surface area contributed by atoms with Crippen LogP contribution in [0.25, 0.3) is 0 Å². The van der Waals surface area contributed by atoms with Crippen LogP contribution >= 0.6 is 22.9 Å². The highest BCUT2D eigenvalue weighted by molar-refractivity contribution is 7.88. The number of thiophene rings is 1. The SMILES string of the molecule is CS(=O)(=O)NCCc1ccc(C(=O)Nc2cccc(Cl)c2)s1. The van der Waals surface area contributed by atoms with Gasteiger partial charge in [-0.3, -0.25) is 4.79 Å². The largest absolute Gasteiger partial charge is 0.321 e. The molecule has 1 aromatic carbocycles. The number of sulfonamides is 1. The van der Waals surface area contributed by atoms with Crippen molar-refractivity contribution in [3.63, 3.8) is 0 Å². The lowest BCUT2D eigenvalue weighted by atomic mass is 10.3. The number of nitrogens with one attached hydrogen (secondary N) is 2. The van der Waals surface area contributed by atoms with Crippen LogP contribution in [0.1, 0.15) is 14.5 Å². The fourth-order valence-electron chi connectivity index (χ4n) is 1.75. The normalized spacial score (nSPS) is 11.4.